The number of benzene rings is 1. The van der Waals surface area contributed by atoms with Crippen molar-refractivity contribution in [2.24, 2.45) is 0 Å². The number of hydrogen-bond acceptors (Lipinski definition) is 4. The zero-order chi connectivity index (χ0) is 12.4. The standard InChI is InChI=1S/C11H9Cl2N3O/c12-7-5-6(14)1-2-8(7)17-9-3-4-16-11(15)10(9)13/h1-5H,14H2,(H2,15,16). The SMILES string of the molecule is Nc1ccc(Oc2ccnc(N)c2Cl)c(Cl)c1. The van der Waals surface area contributed by atoms with Crippen LogP contribution in [0.25, 0.3) is 0 Å². The van der Waals surface area contributed by atoms with E-state index in [0.29, 0.717) is 22.2 Å². The molecule has 0 aliphatic carbocycles. The monoisotopic (exact) mass is 269 g/mol. The van der Waals surface area contributed by atoms with Crippen molar-refractivity contribution in [1.29, 1.82) is 0 Å². The lowest BCUT2D eigenvalue weighted by Crippen LogP contribution is -1.94. The van der Waals surface area contributed by atoms with E-state index in [1.54, 1.807) is 24.3 Å². The average molecular weight is 270 g/mol. The molecule has 1 aromatic carbocycles. The van der Waals surface area contributed by atoms with Crippen LogP contribution in [0.5, 0.6) is 11.5 Å². The van der Waals surface area contributed by atoms with Crippen LogP contribution in [0, 0.1) is 0 Å². The largest absolute Gasteiger partial charge is 0.454 e. The molecular formula is C11H9Cl2N3O. The molecule has 0 spiro atoms. The summed E-state index contributed by atoms with van der Waals surface area (Å²) in [5.41, 5.74) is 11.7. The topological polar surface area (TPSA) is 74.2 Å². The van der Waals surface area contributed by atoms with E-state index in [9.17, 15) is 0 Å². The molecular weight excluding hydrogens is 261 g/mol. The predicted octanol–water partition coefficient (Wildman–Crippen LogP) is 3.35. The molecule has 0 aliphatic rings. The number of nitrogens with two attached hydrogens (primary N) is 2. The van der Waals surface area contributed by atoms with E-state index in [0.717, 1.165) is 0 Å². The Bertz CT molecular complexity index is 560. The highest BCUT2D eigenvalue weighted by Gasteiger charge is 2.09. The zero-order valence-corrected chi connectivity index (χ0v) is 10.2. The van der Waals surface area contributed by atoms with Gasteiger partial charge in [0.1, 0.15) is 16.6 Å². The van der Waals surface area contributed by atoms with Gasteiger partial charge in [-0.1, -0.05) is 23.2 Å². The number of ether oxygens (including phenoxy) is 1. The average Bonchev–Trinajstić information content (AvgIpc) is 2.28. The van der Waals surface area contributed by atoms with Crippen LogP contribution in [0.2, 0.25) is 10.0 Å². The van der Waals surface area contributed by atoms with Crippen LogP contribution in [0.3, 0.4) is 0 Å². The summed E-state index contributed by atoms with van der Waals surface area (Å²) in [6.45, 7) is 0. The van der Waals surface area contributed by atoms with Crippen molar-refractivity contribution in [3.8, 4) is 11.5 Å². The number of hydrogen-bond donors (Lipinski definition) is 2. The van der Waals surface area contributed by atoms with Crippen LogP contribution >= 0.6 is 23.2 Å². The van der Waals surface area contributed by atoms with Crippen LogP contribution < -0.4 is 16.2 Å². The van der Waals surface area contributed by atoms with E-state index >= 15 is 0 Å². The third-order valence-corrected chi connectivity index (χ3v) is 2.73. The molecule has 2 aromatic rings. The first-order chi connectivity index (χ1) is 8.08. The first-order valence-electron chi connectivity index (χ1n) is 4.71. The predicted molar refractivity (Wildman–Crippen MR) is 69.6 cm³/mol. The zero-order valence-electron chi connectivity index (χ0n) is 8.65. The fraction of sp³-hybridized carbons (Fsp3) is 0. The van der Waals surface area contributed by atoms with E-state index in [1.165, 1.54) is 6.20 Å². The minimum absolute atomic E-state index is 0.204. The first kappa shape index (κ1) is 11.8. The lowest BCUT2D eigenvalue weighted by molar-refractivity contribution is 0.483. The summed E-state index contributed by atoms with van der Waals surface area (Å²) in [6, 6.07) is 6.53. The van der Waals surface area contributed by atoms with E-state index in [1.807, 2.05) is 0 Å². The normalized spacial score (nSPS) is 10.2. The second-order valence-corrected chi connectivity index (χ2v) is 4.09. The molecule has 1 heterocycles. The van der Waals surface area contributed by atoms with Crippen molar-refractivity contribution in [3.05, 3.63) is 40.5 Å². The maximum atomic E-state index is 5.98. The van der Waals surface area contributed by atoms with Gasteiger partial charge in [0.25, 0.3) is 0 Å². The molecule has 0 unspecified atom stereocenters. The van der Waals surface area contributed by atoms with Gasteiger partial charge >= 0.3 is 0 Å². The van der Waals surface area contributed by atoms with Crippen molar-refractivity contribution in [2.75, 3.05) is 11.5 Å². The Hall–Kier alpha value is -1.65. The lowest BCUT2D eigenvalue weighted by Gasteiger charge is -2.10. The van der Waals surface area contributed by atoms with Gasteiger partial charge in [0.15, 0.2) is 5.75 Å². The van der Waals surface area contributed by atoms with Gasteiger partial charge in [0.05, 0.1) is 5.02 Å². The molecule has 0 saturated heterocycles. The molecule has 0 amide bonds. The Morgan fingerprint density at radius 2 is 1.82 bits per heavy atom. The van der Waals surface area contributed by atoms with Gasteiger partial charge in [-0.25, -0.2) is 4.98 Å². The maximum absolute atomic E-state index is 5.98. The van der Waals surface area contributed by atoms with Crippen molar-refractivity contribution >= 4 is 34.7 Å². The Labute approximate surface area is 108 Å². The van der Waals surface area contributed by atoms with Crippen LogP contribution in [0.1, 0.15) is 0 Å². The number of anilines is 2. The summed E-state index contributed by atoms with van der Waals surface area (Å²) < 4.78 is 5.54. The number of nitrogen functional groups attached to an aromatic ring is 2. The minimum Gasteiger partial charge on any atom is -0.454 e. The molecule has 6 heteroatoms. The van der Waals surface area contributed by atoms with Crippen LogP contribution in [0.15, 0.2) is 30.5 Å². The summed E-state index contributed by atoms with van der Waals surface area (Å²) in [4.78, 5) is 3.83. The molecule has 4 N–H and O–H groups in total. The van der Waals surface area contributed by atoms with Crippen molar-refractivity contribution in [1.82, 2.24) is 4.98 Å². The molecule has 2 rings (SSSR count). The Balaban J connectivity index is 2.35. The van der Waals surface area contributed by atoms with Gasteiger partial charge in [0.2, 0.25) is 0 Å². The molecule has 0 aliphatic heterocycles. The van der Waals surface area contributed by atoms with Crippen LogP contribution in [0.4, 0.5) is 11.5 Å². The summed E-state index contributed by atoms with van der Waals surface area (Å²) in [7, 11) is 0. The Morgan fingerprint density at radius 1 is 1.06 bits per heavy atom. The van der Waals surface area contributed by atoms with Crippen LogP contribution in [-0.2, 0) is 0 Å². The van der Waals surface area contributed by atoms with Crippen molar-refractivity contribution < 1.29 is 4.74 Å². The lowest BCUT2D eigenvalue weighted by atomic mass is 10.3. The second kappa shape index (κ2) is 4.69. The number of rotatable bonds is 2. The fourth-order valence-electron chi connectivity index (χ4n) is 1.24. The number of aromatic nitrogens is 1. The summed E-state index contributed by atoms with van der Waals surface area (Å²) in [5.74, 6) is 1.05. The highest BCUT2D eigenvalue weighted by Crippen LogP contribution is 2.35. The van der Waals surface area contributed by atoms with Gasteiger partial charge in [-0.05, 0) is 18.2 Å². The summed E-state index contributed by atoms with van der Waals surface area (Å²) in [5, 5.41) is 0.650. The van der Waals surface area contributed by atoms with E-state index in [4.69, 9.17) is 39.4 Å². The molecule has 0 bridgehead atoms. The van der Waals surface area contributed by atoms with Gasteiger partial charge < -0.3 is 16.2 Å². The highest BCUT2D eigenvalue weighted by atomic mass is 35.5. The third kappa shape index (κ3) is 2.54. The quantitative estimate of drug-likeness (QED) is 0.820. The van der Waals surface area contributed by atoms with Crippen molar-refractivity contribution in [3.63, 3.8) is 0 Å². The van der Waals surface area contributed by atoms with Crippen molar-refractivity contribution in [2.45, 2.75) is 0 Å². The van der Waals surface area contributed by atoms with Crippen LogP contribution in [-0.4, -0.2) is 4.98 Å². The molecule has 0 radical (unpaired) electrons. The fourth-order valence-corrected chi connectivity index (χ4v) is 1.62. The van der Waals surface area contributed by atoms with E-state index < -0.39 is 0 Å². The molecule has 17 heavy (non-hydrogen) atoms. The van der Waals surface area contributed by atoms with E-state index in [2.05, 4.69) is 4.98 Å². The first-order valence-corrected chi connectivity index (χ1v) is 5.46. The second-order valence-electron chi connectivity index (χ2n) is 3.30. The van der Waals surface area contributed by atoms with Gasteiger partial charge in [-0.15, -0.1) is 0 Å². The molecule has 1 aromatic heterocycles. The number of pyridine rings is 1. The number of halogens is 2. The molecule has 0 saturated carbocycles. The van der Waals surface area contributed by atoms with Gasteiger partial charge in [-0.3, -0.25) is 0 Å². The Morgan fingerprint density at radius 3 is 2.53 bits per heavy atom. The highest BCUT2D eigenvalue weighted by molar-refractivity contribution is 6.34. The summed E-state index contributed by atoms with van der Waals surface area (Å²) in [6.07, 6.45) is 1.50. The van der Waals surface area contributed by atoms with Gasteiger partial charge in [-0.2, -0.15) is 0 Å². The third-order valence-electron chi connectivity index (χ3n) is 2.06. The minimum atomic E-state index is 0.204. The number of nitrogens with zero attached hydrogens (tertiary/aromatic N) is 1. The smallest absolute Gasteiger partial charge is 0.151 e. The summed E-state index contributed by atoms with van der Waals surface area (Å²) >= 11 is 11.9. The van der Waals surface area contributed by atoms with E-state index in [-0.39, 0.29) is 10.8 Å². The molecule has 0 fully saturated rings. The Kier molecular flexibility index (Phi) is 3.26. The maximum Gasteiger partial charge on any atom is 0.151 e. The molecule has 0 atom stereocenters. The van der Waals surface area contributed by atoms with Gasteiger partial charge in [0, 0.05) is 18.0 Å². The molecule has 88 valence electrons. The molecule has 4 nitrogen and oxygen atoms in total.